The maximum absolute atomic E-state index is 9.80. The first-order valence-corrected chi connectivity index (χ1v) is 14.9. The minimum atomic E-state index is -0.546. The Labute approximate surface area is 378 Å². The predicted octanol–water partition coefficient (Wildman–Crippen LogP) is -1.85. The zero-order chi connectivity index (χ0) is 35.2. The van der Waals surface area contributed by atoms with Gasteiger partial charge >= 0.3 is 109 Å². The van der Waals surface area contributed by atoms with E-state index in [2.05, 4.69) is 28.2 Å². The van der Waals surface area contributed by atoms with Crippen LogP contribution in [0.25, 0.3) is 0 Å². The number of aliphatic hydroxyl groups is 2. The van der Waals surface area contributed by atoms with Gasteiger partial charge in [0.25, 0.3) is 6.47 Å². The molecule has 1 heterocycles. The van der Waals surface area contributed by atoms with Crippen LogP contribution in [0.3, 0.4) is 0 Å². The molecule has 14 heteroatoms. The minimum Gasteiger partial charge on any atom is -1.00 e. The Hall–Kier alpha value is -2.03. The fraction of sp³-hybridized carbons (Fsp3) is 0.278. The summed E-state index contributed by atoms with van der Waals surface area (Å²) in [5.41, 5.74) is 4.48. The molecule has 1 saturated heterocycles. The van der Waals surface area contributed by atoms with Crippen LogP contribution in [0.2, 0.25) is 0 Å². The monoisotopic (exact) mass is 744 g/mol. The van der Waals surface area contributed by atoms with Crippen LogP contribution in [-0.2, 0) is 31.0 Å². The molecule has 50 heavy (non-hydrogen) atoms. The first-order valence-electron chi connectivity index (χ1n) is 14.9. The van der Waals surface area contributed by atoms with Crippen LogP contribution in [0.1, 0.15) is 37.5 Å². The van der Waals surface area contributed by atoms with E-state index in [-0.39, 0.29) is 141 Å². The van der Waals surface area contributed by atoms with E-state index in [4.69, 9.17) is 29.7 Å². The molecule has 1 aliphatic rings. The number of carbonyl (C=O) groups excluding carboxylic acids is 2. The summed E-state index contributed by atoms with van der Waals surface area (Å²) in [6.07, 6.45) is 0.288. The van der Waals surface area contributed by atoms with Crippen LogP contribution in [0.5, 0.6) is 23.0 Å². The van der Waals surface area contributed by atoms with Gasteiger partial charge in [-0.2, -0.15) is 0 Å². The van der Waals surface area contributed by atoms with Crippen molar-refractivity contribution in [1.82, 2.24) is 0 Å². The molecule has 5 rings (SSSR count). The molecular formula is C36H42K2O12. The SMILES string of the molecule is CC(C)(c1ccc(O)cc1)c1ccc(O)cc1.O=C1OCCO1.O=CO[O-].OCCOc1ccc(Cc2ccc(OCCO)cc2)cc1.[H-].[K+].[K+]. The Balaban J connectivity index is 0. The maximum Gasteiger partial charge on any atom is 1.00 e. The first-order chi connectivity index (χ1) is 23.1. The van der Waals surface area contributed by atoms with Gasteiger partial charge in [0.05, 0.1) is 13.2 Å². The van der Waals surface area contributed by atoms with E-state index in [0.29, 0.717) is 26.4 Å². The molecule has 0 unspecified atom stereocenters. The summed E-state index contributed by atoms with van der Waals surface area (Å²) < 4.78 is 19.2. The molecule has 12 nitrogen and oxygen atoms in total. The third-order valence-corrected chi connectivity index (χ3v) is 6.72. The second-order valence-electron chi connectivity index (χ2n) is 10.5. The van der Waals surface area contributed by atoms with Crippen molar-refractivity contribution in [3.63, 3.8) is 0 Å². The summed E-state index contributed by atoms with van der Waals surface area (Å²) in [7, 11) is 0. The van der Waals surface area contributed by atoms with Gasteiger partial charge in [0.2, 0.25) is 0 Å². The van der Waals surface area contributed by atoms with Crippen molar-refractivity contribution in [1.29, 1.82) is 0 Å². The quantitative estimate of drug-likeness (QED) is 0.0443. The number of cyclic esters (lactones) is 2. The van der Waals surface area contributed by atoms with Gasteiger partial charge in [-0.1, -0.05) is 62.4 Å². The average molecular weight is 745 g/mol. The molecule has 0 atom stereocenters. The fourth-order valence-electron chi connectivity index (χ4n) is 4.18. The van der Waals surface area contributed by atoms with Crippen LogP contribution in [0.15, 0.2) is 97.1 Å². The van der Waals surface area contributed by atoms with Gasteiger partial charge in [-0.25, -0.2) is 4.79 Å². The number of aromatic hydroxyl groups is 2. The molecule has 0 radical (unpaired) electrons. The Bertz CT molecular complexity index is 1370. The number of phenols is 2. The number of hydrogen-bond donors (Lipinski definition) is 4. The van der Waals surface area contributed by atoms with Crippen LogP contribution in [-0.4, -0.2) is 72.7 Å². The molecule has 4 N–H and O–H groups in total. The molecule has 4 aromatic carbocycles. The maximum atomic E-state index is 9.80. The van der Waals surface area contributed by atoms with Crippen LogP contribution < -0.4 is 118 Å². The molecule has 0 bridgehead atoms. The van der Waals surface area contributed by atoms with E-state index in [1.807, 2.05) is 72.8 Å². The van der Waals surface area contributed by atoms with E-state index >= 15 is 0 Å². The molecule has 1 aliphatic heterocycles. The van der Waals surface area contributed by atoms with E-state index in [0.717, 1.165) is 29.0 Å². The number of carbonyl (C=O) groups is 2. The van der Waals surface area contributed by atoms with Gasteiger partial charge < -0.3 is 50.9 Å². The summed E-state index contributed by atoms with van der Waals surface area (Å²) >= 11 is 0. The smallest absolute Gasteiger partial charge is 1.00 e. The van der Waals surface area contributed by atoms with E-state index in [1.165, 1.54) is 11.1 Å². The molecule has 0 amide bonds. The normalized spacial score (nSPS) is 11.0. The van der Waals surface area contributed by atoms with Crippen molar-refractivity contribution in [2.24, 2.45) is 0 Å². The molecule has 0 spiro atoms. The van der Waals surface area contributed by atoms with E-state index in [1.54, 1.807) is 24.3 Å². The number of rotatable bonds is 11. The summed E-state index contributed by atoms with van der Waals surface area (Å²) in [5, 5.41) is 44.4. The number of phenolic OH excluding ortho intramolecular Hbond substituents is 2. The van der Waals surface area contributed by atoms with Gasteiger partial charge in [0.1, 0.15) is 49.4 Å². The van der Waals surface area contributed by atoms with Crippen molar-refractivity contribution < 1.29 is 163 Å². The van der Waals surface area contributed by atoms with Gasteiger partial charge in [-0.15, -0.1) is 0 Å². The Morgan fingerprint density at radius 2 is 1.04 bits per heavy atom. The average Bonchev–Trinajstić information content (AvgIpc) is 3.59. The molecule has 1 fully saturated rings. The van der Waals surface area contributed by atoms with Crippen molar-refractivity contribution in [2.75, 3.05) is 39.6 Å². The summed E-state index contributed by atoms with van der Waals surface area (Å²) in [6, 6.07) is 30.1. The third-order valence-electron chi connectivity index (χ3n) is 6.72. The first kappa shape index (κ1) is 48.0. The standard InChI is InChI=1S/C17H20O4.C15H16O2.C3H4O3.CH2O3.2K.H/c18-9-11-20-16-5-1-14(2-6-16)13-15-3-7-17(8-4-15)21-12-10-19;1-15(2,11-3-7-13(16)8-4-11)12-5-9-14(17)10-6-12;4-3-5-1-2-6-3;2-1-4-3;;;/h1-8,18-19H,9-13H2;3-10,16-17H,1-2H3;1-2H2;1,3H;;;/q;;;;2*+1;-1/p-1. The zero-order valence-electron chi connectivity index (χ0n) is 29.8. The summed E-state index contributed by atoms with van der Waals surface area (Å²) in [4.78, 5) is 21.0. The second kappa shape index (κ2) is 27.6. The summed E-state index contributed by atoms with van der Waals surface area (Å²) in [5.74, 6) is 2.08. The summed E-state index contributed by atoms with van der Waals surface area (Å²) in [6.45, 7) is 5.55. The van der Waals surface area contributed by atoms with Crippen LogP contribution >= 0.6 is 0 Å². The third kappa shape index (κ3) is 19.0. The van der Waals surface area contributed by atoms with Gasteiger partial charge in [0, 0.05) is 5.41 Å². The number of aliphatic hydroxyl groups excluding tert-OH is 2. The zero-order valence-corrected chi connectivity index (χ0v) is 35.1. The largest absolute Gasteiger partial charge is 1.00 e. The Kier molecular flexibility index (Phi) is 26.5. The Morgan fingerprint density at radius 3 is 1.30 bits per heavy atom. The molecule has 0 aromatic heterocycles. The number of benzene rings is 4. The van der Waals surface area contributed by atoms with Gasteiger partial charge in [-0.3, -0.25) is 4.79 Å². The predicted molar refractivity (Wildman–Crippen MR) is 175 cm³/mol. The minimum absolute atomic E-state index is 0. The number of hydrogen-bond acceptors (Lipinski definition) is 12. The van der Waals surface area contributed by atoms with Crippen LogP contribution in [0, 0.1) is 0 Å². The fourth-order valence-corrected chi connectivity index (χ4v) is 4.18. The van der Waals surface area contributed by atoms with Crippen molar-refractivity contribution in [2.45, 2.75) is 25.7 Å². The second-order valence-corrected chi connectivity index (χ2v) is 10.5. The van der Waals surface area contributed by atoms with Gasteiger partial charge in [-0.05, 0) is 77.2 Å². The van der Waals surface area contributed by atoms with Crippen molar-refractivity contribution in [3.05, 3.63) is 119 Å². The molecule has 0 saturated carbocycles. The topological polar surface area (TPSA) is 184 Å². The molecule has 260 valence electrons. The number of ether oxygens (including phenoxy) is 4. The van der Waals surface area contributed by atoms with Crippen molar-refractivity contribution >= 4 is 12.6 Å². The van der Waals surface area contributed by atoms with E-state index in [9.17, 15) is 15.0 Å². The van der Waals surface area contributed by atoms with Crippen LogP contribution in [0.4, 0.5) is 4.79 Å². The molecular weight excluding hydrogens is 703 g/mol. The Morgan fingerprint density at radius 1 is 0.700 bits per heavy atom. The van der Waals surface area contributed by atoms with E-state index < -0.39 is 6.16 Å². The molecule has 4 aromatic rings. The van der Waals surface area contributed by atoms with Crippen molar-refractivity contribution in [3.8, 4) is 23.0 Å². The van der Waals surface area contributed by atoms with Gasteiger partial charge in [0.15, 0.2) is 0 Å². The molecule has 0 aliphatic carbocycles.